The molecule has 178 valence electrons. The summed E-state index contributed by atoms with van der Waals surface area (Å²) in [6, 6.07) is 15.1. The van der Waals surface area contributed by atoms with E-state index >= 15 is 0 Å². The van der Waals surface area contributed by atoms with E-state index in [-0.39, 0.29) is 12.3 Å². The van der Waals surface area contributed by atoms with E-state index in [4.69, 9.17) is 9.47 Å². The minimum atomic E-state index is -0.507. The maximum Gasteiger partial charge on any atom is 0.362 e. The minimum absolute atomic E-state index is 0.163. The molecule has 0 aliphatic carbocycles. The van der Waals surface area contributed by atoms with Gasteiger partial charge in [0.25, 0.3) is 0 Å². The molecule has 0 bridgehead atoms. The number of rotatable bonds is 8. The number of benzene rings is 2. The Morgan fingerprint density at radius 3 is 2.42 bits per heavy atom. The first-order valence-corrected chi connectivity index (χ1v) is 12.2. The number of hydrogen-bond acceptors (Lipinski definition) is 9. The van der Waals surface area contributed by atoms with Crippen molar-refractivity contribution in [3.05, 3.63) is 59.8 Å². The van der Waals surface area contributed by atoms with Crippen molar-refractivity contribution in [1.82, 2.24) is 9.59 Å². The maximum absolute atomic E-state index is 12.0. The molecule has 1 aromatic heterocycles. The van der Waals surface area contributed by atoms with E-state index in [1.54, 1.807) is 20.2 Å². The molecule has 0 spiro atoms. The van der Waals surface area contributed by atoms with Gasteiger partial charge in [-0.05, 0) is 61.1 Å². The molecule has 0 aliphatic rings. The molecule has 0 atom stereocenters. The van der Waals surface area contributed by atoms with Gasteiger partial charge in [0, 0.05) is 17.7 Å². The third-order valence-corrected chi connectivity index (χ3v) is 4.89. The fourth-order valence-corrected chi connectivity index (χ4v) is 2.82. The molecule has 0 saturated heterocycles. The zero-order valence-electron chi connectivity index (χ0n) is 19.7. The number of nitrogens with one attached hydrogen (secondary N) is 1. The van der Waals surface area contributed by atoms with E-state index in [9.17, 15) is 4.79 Å². The van der Waals surface area contributed by atoms with Crippen LogP contribution in [0.4, 0.5) is 16.4 Å². The molecule has 3 rings (SSSR count). The highest BCUT2D eigenvalue weighted by Crippen LogP contribution is 2.30. The molecule has 3 aromatic rings. The van der Waals surface area contributed by atoms with Crippen molar-refractivity contribution in [3.8, 4) is 5.75 Å². The van der Waals surface area contributed by atoms with Crippen molar-refractivity contribution < 1.29 is 14.3 Å². The average molecular weight is 489 g/mol. The lowest BCUT2D eigenvalue weighted by molar-refractivity contribution is 0.0520. The highest BCUT2D eigenvalue weighted by Gasteiger charge is 2.18. The van der Waals surface area contributed by atoms with Crippen LogP contribution in [0.2, 0.25) is 0 Å². The van der Waals surface area contributed by atoms with Crippen LogP contribution in [0.1, 0.15) is 50.2 Å². The smallest absolute Gasteiger partial charge is 0.362 e. The van der Waals surface area contributed by atoms with E-state index in [0.717, 1.165) is 40.0 Å². The summed E-state index contributed by atoms with van der Waals surface area (Å²) in [6.45, 7) is 8.12. The number of anilines is 2. The van der Waals surface area contributed by atoms with Crippen LogP contribution >= 0.6 is 24.2 Å². The second kappa shape index (κ2) is 16.7. The molecule has 7 nitrogen and oxygen atoms in total. The van der Waals surface area contributed by atoms with E-state index < -0.39 is 5.97 Å². The second-order valence-electron chi connectivity index (χ2n) is 6.07. The van der Waals surface area contributed by atoms with Gasteiger partial charge in [-0.2, -0.15) is 12.6 Å². The number of carbonyl (C=O) groups excluding carboxylic acids is 1. The number of para-hydroxylation sites is 2. The van der Waals surface area contributed by atoms with Gasteiger partial charge in [-0.1, -0.05) is 37.4 Å². The minimum Gasteiger partial charge on any atom is -0.497 e. The Balaban J connectivity index is 0.000000820. The summed E-state index contributed by atoms with van der Waals surface area (Å²) in [5, 5.41) is 7.54. The monoisotopic (exact) mass is 488 g/mol. The summed E-state index contributed by atoms with van der Waals surface area (Å²) >= 11 is 5.01. The summed E-state index contributed by atoms with van der Waals surface area (Å²) in [5.74, 6) is 1.30. The lowest BCUT2D eigenvalue weighted by Gasteiger charge is -2.08. The summed E-state index contributed by atoms with van der Waals surface area (Å²) in [7, 11) is 1.63. The zero-order valence-corrected chi connectivity index (χ0v) is 21.5. The van der Waals surface area contributed by atoms with E-state index in [2.05, 4.69) is 39.4 Å². The molecule has 1 heterocycles. The third-order valence-electron chi connectivity index (χ3n) is 3.80. The highest BCUT2D eigenvalue weighted by atomic mass is 32.1. The zero-order chi connectivity index (χ0) is 24.5. The van der Waals surface area contributed by atoms with Gasteiger partial charge in [0.2, 0.25) is 5.69 Å². The summed E-state index contributed by atoms with van der Waals surface area (Å²) in [4.78, 5) is 16.5. The molecule has 0 amide bonds. The number of methoxy groups -OCH3 is 1. The van der Waals surface area contributed by atoms with Crippen molar-refractivity contribution >= 4 is 52.7 Å². The molecule has 0 unspecified atom stereocenters. The number of ether oxygens (including phenoxy) is 2. The molecular formula is C24H32N4O3S2. The van der Waals surface area contributed by atoms with E-state index in [1.807, 2.05) is 62.4 Å². The standard InChI is InChI=1S/C19H18N4O3S.C3H8S.C2H6/c1-3-26-19(24)17-18(27-23-22-17)21-16-7-5-4-6-15(16)20-12-13-8-10-14(25-2)11-9-13;1-2-3-4;1-2/h4-12,21H,3H2,1-2H3;4H,2-3H2,1H3;1-2H3. The predicted octanol–water partition coefficient (Wildman–Crippen LogP) is 6.57. The van der Waals surface area contributed by atoms with Crippen LogP contribution in [0.15, 0.2) is 53.5 Å². The molecule has 33 heavy (non-hydrogen) atoms. The average Bonchev–Trinajstić information content (AvgIpc) is 3.33. The van der Waals surface area contributed by atoms with Crippen LogP contribution in [0.3, 0.4) is 0 Å². The summed E-state index contributed by atoms with van der Waals surface area (Å²) in [5.41, 5.74) is 2.56. The number of esters is 1. The van der Waals surface area contributed by atoms with Crippen LogP contribution in [-0.4, -0.2) is 41.2 Å². The first kappa shape index (κ1) is 28.1. The van der Waals surface area contributed by atoms with Crippen LogP contribution < -0.4 is 10.1 Å². The Kier molecular flexibility index (Phi) is 14.2. The number of carbonyl (C=O) groups is 1. The largest absolute Gasteiger partial charge is 0.497 e. The topological polar surface area (TPSA) is 85.7 Å². The quantitative estimate of drug-likeness (QED) is 0.212. The molecule has 0 aliphatic heterocycles. The first-order valence-electron chi connectivity index (χ1n) is 10.8. The van der Waals surface area contributed by atoms with Gasteiger partial charge in [-0.15, -0.1) is 5.10 Å². The Morgan fingerprint density at radius 1 is 1.15 bits per heavy atom. The third kappa shape index (κ3) is 9.63. The molecule has 9 heteroatoms. The van der Waals surface area contributed by atoms with Crippen molar-refractivity contribution in [2.75, 3.05) is 24.8 Å². The van der Waals surface area contributed by atoms with Gasteiger partial charge in [0.05, 0.1) is 25.1 Å². The van der Waals surface area contributed by atoms with Gasteiger partial charge in [-0.3, -0.25) is 4.99 Å². The molecule has 0 saturated carbocycles. The second-order valence-corrected chi connectivity index (χ2v) is 7.27. The summed E-state index contributed by atoms with van der Waals surface area (Å²) < 4.78 is 14.0. The van der Waals surface area contributed by atoms with Gasteiger partial charge >= 0.3 is 5.97 Å². The lowest BCUT2D eigenvalue weighted by Crippen LogP contribution is -2.07. The van der Waals surface area contributed by atoms with Gasteiger partial charge in [0.15, 0.2) is 0 Å². The Morgan fingerprint density at radius 2 is 1.82 bits per heavy atom. The van der Waals surface area contributed by atoms with Crippen LogP contribution in [0.25, 0.3) is 0 Å². The molecule has 0 radical (unpaired) electrons. The number of hydrogen-bond donors (Lipinski definition) is 2. The normalized spacial score (nSPS) is 9.88. The van der Waals surface area contributed by atoms with Crippen LogP contribution in [0.5, 0.6) is 5.75 Å². The van der Waals surface area contributed by atoms with Crippen LogP contribution in [-0.2, 0) is 4.74 Å². The molecule has 0 fully saturated rings. The van der Waals surface area contributed by atoms with Crippen molar-refractivity contribution in [3.63, 3.8) is 0 Å². The predicted molar refractivity (Wildman–Crippen MR) is 141 cm³/mol. The van der Waals surface area contributed by atoms with Crippen molar-refractivity contribution in [2.45, 2.75) is 34.1 Å². The molecule has 1 N–H and O–H groups in total. The van der Waals surface area contributed by atoms with E-state index in [0.29, 0.717) is 5.00 Å². The number of aromatic nitrogens is 2. The van der Waals surface area contributed by atoms with Gasteiger partial charge in [-0.25, -0.2) is 4.79 Å². The SMILES string of the molecule is CC.CCCS.CCOC(=O)c1nnsc1Nc1ccccc1N=Cc1ccc(OC)cc1. The van der Waals surface area contributed by atoms with Crippen molar-refractivity contribution in [1.29, 1.82) is 0 Å². The highest BCUT2D eigenvalue weighted by molar-refractivity contribution is 7.80. The fraction of sp³-hybridized carbons (Fsp3) is 0.333. The van der Waals surface area contributed by atoms with Crippen LogP contribution in [0, 0.1) is 0 Å². The lowest BCUT2D eigenvalue weighted by atomic mass is 10.2. The van der Waals surface area contributed by atoms with Gasteiger partial charge in [0.1, 0.15) is 10.8 Å². The Hall–Kier alpha value is -2.91. The number of nitrogens with zero attached hydrogens (tertiary/aromatic N) is 3. The molecular weight excluding hydrogens is 456 g/mol. The van der Waals surface area contributed by atoms with E-state index in [1.165, 1.54) is 6.42 Å². The first-order chi connectivity index (χ1) is 16.1. The fourth-order valence-electron chi connectivity index (χ4n) is 2.25. The number of thiol groups is 1. The summed E-state index contributed by atoms with van der Waals surface area (Å²) in [6.07, 6.45) is 2.94. The van der Waals surface area contributed by atoms with Crippen molar-refractivity contribution in [2.24, 2.45) is 4.99 Å². The Labute approximate surface area is 205 Å². The molecule has 2 aromatic carbocycles. The Bertz CT molecular complexity index is 974. The van der Waals surface area contributed by atoms with Gasteiger partial charge < -0.3 is 14.8 Å². The number of aliphatic imine (C=N–C) groups is 1. The maximum atomic E-state index is 12.0.